The molecule has 370 valence electrons. The molecule has 0 heterocycles. The standard InChI is InChI=1S/C36H32N10O18S6/c37-20-1-11-27(26(38)17-20)42-40-21-2-4-23(5-3-21)46-66(50,51)24-8-6-22(7-9-24)41-44-34-30(68(55,56)57)15-19-16-31(69(58,59)60)35(36(47)32(19)33(34)39)45-43-28-12-10-25(18-29(28)67(52,53)54)65(48,49)14-13-64-70(61,62)63/h1-12,15-18,46-47H,13-14,37-39H2,(H,52,53,54)(H,55,56,57)(H,58,59,60)(H,61,62,63). The number of nitrogens with two attached hydrogens (primary N) is 3. The third-order valence-electron chi connectivity index (χ3n) is 9.14. The summed E-state index contributed by atoms with van der Waals surface area (Å²) in [5.41, 5.74) is 15.3. The van der Waals surface area contributed by atoms with E-state index in [9.17, 15) is 69.3 Å². The molecule has 0 saturated carbocycles. The lowest BCUT2D eigenvalue weighted by Crippen LogP contribution is -2.16. The lowest BCUT2D eigenvalue weighted by molar-refractivity contribution is 0.284. The van der Waals surface area contributed by atoms with Crippen molar-refractivity contribution in [2.45, 2.75) is 24.5 Å². The Morgan fingerprint density at radius 1 is 0.529 bits per heavy atom. The zero-order valence-electron chi connectivity index (χ0n) is 34.6. The van der Waals surface area contributed by atoms with Crippen molar-refractivity contribution in [1.29, 1.82) is 0 Å². The van der Waals surface area contributed by atoms with Gasteiger partial charge in [0.25, 0.3) is 40.4 Å². The van der Waals surface area contributed by atoms with Gasteiger partial charge in [0.1, 0.15) is 37.4 Å². The molecule has 70 heavy (non-hydrogen) atoms. The summed E-state index contributed by atoms with van der Waals surface area (Å²) in [6.07, 6.45) is 0. The fraction of sp³-hybridized carbons (Fsp3) is 0.0556. The van der Waals surface area contributed by atoms with Gasteiger partial charge in [0, 0.05) is 11.4 Å². The van der Waals surface area contributed by atoms with Gasteiger partial charge < -0.3 is 22.3 Å². The van der Waals surface area contributed by atoms with E-state index in [4.69, 9.17) is 21.8 Å². The molecule has 0 unspecified atom stereocenters. The fourth-order valence-electron chi connectivity index (χ4n) is 5.94. The lowest BCUT2D eigenvalue weighted by atomic mass is 10.1. The summed E-state index contributed by atoms with van der Waals surface area (Å²) in [6.45, 7) is -1.13. The molecule has 12 N–H and O–H groups in total. The maximum absolute atomic E-state index is 13.2. The quantitative estimate of drug-likeness (QED) is 0.0301. The Morgan fingerprint density at radius 2 is 1.03 bits per heavy atom. The highest BCUT2D eigenvalue weighted by atomic mass is 32.3. The first kappa shape index (κ1) is 52.3. The number of phenols is 1. The third-order valence-corrected chi connectivity index (χ3v) is 15.3. The molecule has 0 fully saturated rings. The fourth-order valence-corrected chi connectivity index (χ4v) is 10.6. The molecule has 0 bridgehead atoms. The number of hydrogen-bond donors (Lipinski definition) is 9. The number of anilines is 4. The number of nitrogens with zero attached hydrogens (tertiary/aromatic N) is 6. The summed E-state index contributed by atoms with van der Waals surface area (Å²) in [7, 11) is -30.2. The predicted molar refractivity (Wildman–Crippen MR) is 247 cm³/mol. The first-order chi connectivity index (χ1) is 32.3. The van der Waals surface area contributed by atoms with E-state index in [-0.39, 0.29) is 16.3 Å². The van der Waals surface area contributed by atoms with Crippen molar-refractivity contribution in [2.75, 3.05) is 34.3 Å². The topological polar surface area (TPSA) is 479 Å². The van der Waals surface area contributed by atoms with Gasteiger partial charge in [0.2, 0.25) is 0 Å². The molecule has 0 radical (unpaired) electrons. The van der Waals surface area contributed by atoms with Crippen LogP contribution < -0.4 is 21.9 Å². The van der Waals surface area contributed by atoms with E-state index >= 15 is 0 Å². The number of hydrogen-bond acceptors (Lipinski definition) is 23. The summed E-state index contributed by atoms with van der Waals surface area (Å²) in [4.78, 5) is -4.90. The Kier molecular flexibility index (Phi) is 14.4. The van der Waals surface area contributed by atoms with Gasteiger partial charge in [0.15, 0.2) is 15.6 Å². The van der Waals surface area contributed by atoms with Crippen LogP contribution in [-0.4, -0.2) is 86.2 Å². The van der Waals surface area contributed by atoms with E-state index in [1.165, 1.54) is 30.3 Å². The second-order valence-corrected chi connectivity index (χ2v) is 23.0. The van der Waals surface area contributed by atoms with Crippen LogP contribution in [0.2, 0.25) is 0 Å². The molecule has 34 heteroatoms. The Morgan fingerprint density at radius 3 is 1.59 bits per heavy atom. The number of fused-ring (bicyclic) bond motifs is 1. The summed E-state index contributed by atoms with van der Waals surface area (Å²) < 4.78 is 193. The maximum atomic E-state index is 13.2. The van der Waals surface area contributed by atoms with E-state index in [0.29, 0.717) is 53.1 Å². The number of aromatic hydroxyl groups is 1. The second-order valence-electron chi connectivity index (χ2n) is 14.0. The molecule has 0 atom stereocenters. The zero-order chi connectivity index (χ0) is 51.8. The highest BCUT2D eigenvalue weighted by molar-refractivity contribution is 7.92. The molecule has 0 amide bonds. The smallest absolute Gasteiger partial charge is 0.397 e. The van der Waals surface area contributed by atoms with Crippen LogP contribution in [0, 0.1) is 0 Å². The van der Waals surface area contributed by atoms with E-state index in [2.05, 4.69) is 39.6 Å². The van der Waals surface area contributed by atoms with E-state index in [0.717, 1.165) is 24.3 Å². The minimum absolute atomic E-state index is 0.132. The van der Waals surface area contributed by atoms with E-state index < -0.39 is 132 Å². The zero-order valence-corrected chi connectivity index (χ0v) is 39.5. The summed E-state index contributed by atoms with van der Waals surface area (Å²) >= 11 is 0. The molecule has 6 aromatic carbocycles. The Hall–Kier alpha value is -7.12. The van der Waals surface area contributed by atoms with Crippen LogP contribution in [0.1, 0.15) is 0 Å². The van der Waals surface area contributed by atoms with Crippen molar-refractivity contribution in [1.82, 2.24) is 0 Å². The van der Waals surface area contributed by atoms with E-state index in [1.807, 2.05) is 0 Å². The average molecular weight is 1090 g/mol. The van der Waals surface area contributed by atoms with Gasteiger partial charge in [-0.1, -0.05) is 0 Å². The van der Waals surface area contributed by atoms with Crippen LogP contribution in [0.15, 0.2) is 152 Å². The minimum Gasteiger partial charge on any atom is -0.505 e. The number of phenolic OH excluding ortho intramolecular Hbond substituents is 1. The summed E-state index contributed by atoms with van der Waals surface area (Å²) in [6, 6.07) is 17.6. The van der Waals surface area contributed by atoms with Gasteiger partial charge in [-0.15, -0.1) is 20.5 Å². The predicted octanol–water partition coefficient (Wildman–Crippen LogP) is 5.67. The molecule has 6 rings (SSSR count). The maximum Gasteiger partial charge on any atom is 0.397 e. The van der Waals surface area contributed by atoms with E-state index in [1.54, 1.807) is 12.1 Å². The first-order valence-electron chi connectivity index (χ1n) is 18.5. The van der Waals surface area contributed by atoms with Gasteiger partial charge >= 0.3 is 10.4 Å². The lowest BCUT2D eigenvalue weighted by Gasteiger charge is -2.14. The molecule has 6 aromatic rings. The largest absolute Gasteiger partial charge is 0.505 e. The van der Waals surface area contributed by atoms with Crippen molar-refractivity contribution in [3.63, 3.8) is 0 Å². The van der Waals surface area contributed by atoms with Crippen LogP contribution in [0.4, 0.5) is 56.9 Å². The number of rotatable bonds is 17. The van der Waals surface area contributed by atoms with Crippen molar-refractivity contribution in [3.05, 3.63) is 97.1 Å². The van der Waals surface area contributed by atoms with Crippen LogP contribution in [0.25, 0.3) is 10.8 Å². The van der Waals surface area contributed by atoms with Crippen molar-refractivity contribution >= 4 is 128 Å². The summed E-state index contributed by atoms with van der Waals surface area (Å²) in [5.74, 6) is -2.45. The number of benzene rings is 6. The molecular weight excluding hydrogens is 1050 g/mol. The molecule has 28 nitrogen and oxygen atoms in total. The van der Waals surface area contributed by atoms with Gasteiger partial charge in [-0.2, -0.15) is 43.9 Å². The average Bonchev–Trinajstić information content (AvgIpc) is 3.24. The second kappa shape index (κ2) is 19.3. The molecule has 0 aromatic heterocycles. The van der Waals surface area contributed by atoms with Crippen LogP contribution >= 0.6 is 0 Å². The van der Waals surface area contributed by atoms with Crippen molar-refractivity contribution < 1.29 is 78.0 Å². The van der Waals surface area contributed by atoms with Crippen LogP contribution in [0.5, 0.6) is 5.75 Å². The van der Waals surface area contributed by atoms with Crippen LogP contribution in [-0.2, 0) is 64.8 Å². The molecule has 0 saturated heterocycles. The van der Waals surface area contributed by atoms with Gasteiger partial charge in [-0.05, 0) is 102 Å². The van der Waals surface area contributed by atoms with Crippen molar-refractivity contribution in [3.8, 4) is 5.75 Å². The van der Waals surface area contributed by atoms with Crippen LogP contribution in [0.3, 0.4) is 0 Å². The number of azo groups is 3. The van der Waals surface area contributed by atoms with Gasteiger partial charge in [-0.25, -0.2) is 21.0 Å². The highest BCUT2D eigenvalue weighted by Crippen LogP contribution is 2.48. The number of nitrogens with one attached hydrogen (secondary N) is 1. The minimum atomic E-state index is -5.49. The molecule has 0 aliphatic heterocycles. The Bertz CT molecular complexity index is 3900. The number of nitrogen functional groups attached to an aromatic ring is 3. The molecular formula is C36H32N10O18S6. The van der Waals surface area contributed by atoms with Gasteiger partial charge in [0.05, 0.1) is 50.3 Å². The molecule has 0 aliphatic carbocycles. The normalized spacial score (nSPS) is 13.2. The van der Waals surface area contributed by atoms with Crippen molar-refractivity contribution in [2.24, 2.45) is 30.7 Å². The first-order valence-corrected chi connectivity index (χ1v) is 27.3. The highest BCUT2D eigenvalue weighted by Gasteiger charge is 2.29. The third kappa shape index (κ3) is 12.4. The SMILES string of the molecule is Nc1ccc(N=Nc2ccc(NS(=O)(=O)c3ccc(N=Nc4c(S(=O)(=O)O)cc5cc(S(=O)(=O)O)c(N=Nc6ccc(S(=O)(=O)CCOS(=O)(=O)O)cc6S(=O)(=O)O)c(O)c5c4N)cc3)cc2)c(N)c1. The number of sulfonamides is 1. The number of sulfone groups is 1. The van der Waals surface area contributed by atoms with Gasteiger partial charge in [-0.3, -0.25) is 22.9 Å². The Labute approximate surface area is 396 Å². The molecule has 0 aliphatic rings. The summed E-state index contributed by atoms with van der Waals surface area (Å²) in [5, 5.41) is 32.8. The monoisotopic (exact) mass is 1080 g/mol. The Balaban J connectivity index is 1.33. The molecule has 0 spiro atoms.